The van der Waals surface area contributed by atoms with E-state index in [1.807, 2.05) is 0 Å². The molecule has 0 saturated heterocycles. The highest BCUT2D eigenvalue weighted by Crippen LogP contribution is 2.57. The average molecular weight is 194 g/mol. The molecule has 8 heavy (non-hydrogen) atoms. The Kier molecular flexibility index (Phi) is 4.63. The third-order valence-electron chi connectivity index (χ3n) is 0.359. The maximum Gasteiger partial charge on any atom is 0.240 e. The molecule has 0 aliphatic rings. The van der Waals surface area contributed by atoms with Crippen LogP contribution in [0.1, 0.15) is 0 Å². The Morgan fingerprint density at radius 3 is 2.25 bits per heavy atom. The largest absolute Gasteiger partial charge is 0.328 e. The van der Waals surface area contributed by atoms with Crippen LogP contribution in [0, 0.1) is 0 Å². The van der Waals surface area contributed by atoms with Crippen LogP contribution in [0.5, 0.6) is 0 Å². The molecule has 0 atom stereocenters. The Labute approximate surface area is 63.0 Å². The fraction of sp³-hybridized carbons (Fsp3) is 1.00. The van der Waals surface area contributed by atoms with Crippen molar-refractivity contribution in [3.8, 4) is 0 Å². The minimum Gasteiger partial charge on any atom is -0.328 e. The first-order valence-electron chi connectivity index (χ1n) is 1.90. The molecule has 2 N–H and O–H groups in total. The van der Waals surface area contributed by atoms with Gasteiger partial charge in [-0.25, -0.2) is 0 Å². The summed E-state index contributed by atoms with van der Waals surface area (Å²) in [4.78, 5) is -2.48. The van der Waals surface area contributed by atoms with Gasteiger partial charge in [-0.1, -0.05) is 0 Å². The lowest BCUT2D eigenvalue weighted by Gasteiger charge is -2.03. The normalized spacial score (nSPS) is 11.9. The van der Waals surface area contributed by atoms with E-state index in [9.17, 15) is 0 Å². The molecule has 0 spiro atoms. The lowest BCUT2D eigenvalue weighted by atomic mass is 10.8. The molecule has 2 nitrogen and oxygen atoms in total. The monoisotopic (exact) mass is 193 g/mol. The zero-order valence-electron chi connectivity index (χ0n) is 4.01. The zero-order valence-corrected chi connectivity index (χ0v) is 7.23. The second-order valence-corrected chi connectivity index (χ2v) is 8.24. The molecule has 0 unspecified atom stereocenters. The summed E-state index contributed by atoms with van der Waals surface area (Å²) in [5.41, 5.74) is 5.06. The predicted octanol–water partition coefficient (Wildman–Crippen LogP) is 1.66. The number of hydrogen-bond donors (Lipinski definition) is 1. The van der Waals surface area contributed by atoms with Crippen molar-refractivity contribution in [2.45, 2.75) is 0 Å². The lowest BCUT2D eigenvalue weighted by Crippen LogP contribution is -2.04. The minimum atomic E-state index is -2.48. The van der Waals surface area contributed by atoms with Crippen LogP contribution < -0.4 is 5.73 Å². The Morgan fingerprint density at radius 1 is 1.62 bits per heavy atom. The number of halogens is 2. The fourth-order valence-electron chi connectivity index (χ4n) is 0.159. The predicted molar refractivity (Wildman–Crippen MR) is 41.0 cm³/mol. The Hall–Kier alpha value is 1.15. The maximum absolute atomic E-state index is 5.33. The molecule has 0 saturated carbocycles. The van der Waals surface area contributed by atoms with E-state index in [4.69, 9.17) is 32.7 Å². The molecule has 50 valence electrons. The van der Waals surface area contributed by atoms with Gasteiger partial charge in [-0.15, -0.1) is 0 Å². The van der Waals surface area contributed by atoms with E-state index < -0.39 is 4.97 Å². The van der Waals surface area contributed by atoms with E-state index in [2.05, 4.69) is 11.8 Å². The summed E-state index contributed by atoms with van der Waals surface area (Å²) in [6.45, 7) is 0.738. The molecule has 0 fully saturated rings. The smallest absolute Gasteiger partial charge is 0.240 e. The highest BCUT2D eigenvalue weighted by Gasteiger charge is 2.05. The summed E-state index contributed by atoms with van der Waals surface area (Å²) >= 11 is 15.2. The van der Waals surface area contributed by atoms with Crippen LogP contribution in [-0.2, 0) is 16.3 Å². The Balaban J connectivity index is 3.26. The molecule has 0 heterocycles. The van der Waals surface area contributed by atoms with Crippen molar-refractivity contribution in [3.05, 3.63) is 0 Å². The molecule has 0 radical (unpaired) electrons. The van der Waals surface area contributed by atoms with E-state index in [1.54, 1.807) is 0 Å². The first-order chi connectivity index (χ1) is 3.56. The third-order valence-corrected chi connectivity index (χ3v) is 1.74. The van der Waals surface area contributed by atoms with E-state index >= 15 is 0 Å². The van der Waals surface area contributed by atoms with Crippen molar-refractivity contribution >= 4 is 39.3 Å². The van der Waals surface area contributed by atoms with Gasteiger partial charge in [0, 0.05) is 6.54 Å². The summed E-state index contributed by atoms with van der Waals surface area (Å²) in [6.07, 6.45) is 0. The lowest BCUT2D eigenvalue weighted by molar-refractivity contribution is 0.377. The molecule has 6 heteroatoms. The van der Waals surface area contributed by atoms with Crippen molar-refractivity contribution in [1.29, 1.82) is 0 Å². The molecular weight excluding hydrogens is 188 g/mol. The molecular formula is C2H6Cl2NOPS. The zero-order chi connectivity index (χ0) is 6.62. The molecule has 0 aromatic carbocycles. The summed E-state index contributed by atoms with van der Waals surface area (Å²) in [6, 6.07) is 0. The van der Waals surface area contributed by atoms with Crippen LogP contribution in [0.4, 0.5) is 0 Å². The second kappa shape index (κ2) is 4.04. The minimum absolute atomic E-state index is 0.338. The summed E-state index contributed by atoms with van der Waals surface area (Å²) in [5.74, 6) is 0. The van der Waals surface area contributed by atoms with Gasteiger partial charge in [-0.05, 0) is 34.3 Å². The van der Waals surface area contributed by atoms with Crippen molar-refractivity contribution in [1.82, 2.24) is 0 Å². The second-order valence-electron chi connectivity index (χ2n) is 1.04. The first kappa shape index (κ1) is 9.15. The Bertz CT molecular complexity index is 104. The molecule has 0 aromatic rings. The van der Waals surface area contributed by atoms with Crippen LogP contribution in [0.2, 0.25) is 0 Å². The quantitative estimate of drug-likeness (QED) is 0.694. The van der Waals surface area contributed by atoms with E-state index in [1.165, 1.54) is 0 Å². The summed E-state index contributed by atoms with van der Waals surface area (Å²) in [5, 5.41) is 0. The molecule has 0 aliphatic heterocycles. The summed E-state index contributed by atoms with van der Waals surface area (Å²) < 4.78 is 4.71. The van der Waals surface area contributed by atoms with Gasteiger partial charge in [-0.3, -0.25) is 0 Å². The number of nitrogens with two attached hydrogens (primary N) is 1. The standard InChI is InChI=1S/C2H6Cl2NOPS/c3-7(4,8)6-2-1-5/h1-2,5H2. The van der Waals surface area contributed by atoms with Gasteiger partial charge in [0.1, 0.15) is 0 Å². The first-order valence-corrected chi connectivity index (χ1v) is 6.43. The maximum atomic E-state index is 5.33. The van der Waals surface area contributed by atoms with Crippen molar-refractivity contribution < 1.29 is 4.52 Å². The molecule has 0 amide bonds. The Morgan fingerprint density at radius 2 is 2.12 bits per heavy atom. The van der Waals surface area contributed by atoms with Crippen molar-refractivity contribution in [2.24, 2.45) is 5.73 Å². The van der Waals surface area contributed by atoms with Gasteiger partial charge in [0.2, 0.25) is 4.97 Å². The topological polar surface area (TPSA) is 35.2 Å². The van der Waals surface area contributed by atoms with Crippen LogP contribution in [0.25, 0.3) is 0 Å². The number of rotatable bonds is 3. The van der Waals surface area contributed by atoms with E-state index in [0.29, 0.717) is 13.2 Å². The SMILES string of the molecule is NCCOP(=S)(Cl)Cl. The van der Waals surface area contributed by atoms with Crippen LogP contribution in [0.3, 0.4) is 0 Å². The van der Waals surface area contributed by atoms with Crippen LogP contribution in [-0.4, -0.2) is 13.2 Å². The van der Waals surface area contributed by atoms with Gasteiger partial charge in [0.05, 0.1) is 6.61 Å². The highest BCUT2D eigenvalue weighted by atomic mass is 35.9. The third kappa shape index (κ3) is 7.15. The molecule has 0 aromatic heterocycles. The molecule has 0 aliphatic carbocycles. The van der Waals surface area contributed by atoms with Gasteiger partial charge in [0.25, 0.3) is 0 Å². The fourth-order valence-corrected chi connectivity index (χ4v) is 1.11. The van der Waals surface area contributed by atoms with Crippen molar-refractivity contribution in [3.63, 3.8) is 0 Å². The van der Waals surface area contributed by atoms with Gasteiger partial charge < -0.3 is 10.3 Å². The van der Waals surface area contributed by atoms with E-state index in [0.717, 1.165) is 0 Å². The van der Waals surface area contributed by atoms with Gasteiger partial charge >= 0.3 is 0 Å². The molecule has 0 rings (SSSR count). The van der Waals surface area contributed by atoms with Crippen LogP contribution in [0.15, 0.2) is 0 Å². The van der Waals surface area contributed by atoms with Gasteiger partial charge in [0.15, 0.2) is 0 Å². The van der Waals surface area contributed by atoms with Crippen molar-refractivity contribution in [2.75, 3.05) is 13.2 Å². The van der Waals surface area contributed by atoms with Crippen LogP contribution >= 0.6 is 27.5 Å². The number of hydrogen-bond acceptors (Lipinski definition) is 3. The van der Waals surface area contributed by atoms with E-state index in [-0.39, 0.29) is 0 Å². The highest BCUT2D eigenvalue weighted by molar-refractivity contribution is 8.36. The van der Waals surface area contributed by atoms with Gasteiger partial charge in [-0.2, -0.15) is 0 Å². The summed E-state index contributed by atoms with van der Waals surface area (Å²) in [7, 11) is 0. The average Bonchev–Trinajstić information content (AvgIpc) is 1.59. The molecule has 0 bridgehead atoms.